The summed E-state index contributed by atoms with van der Waals surface area (Å²) in [6.45, 7) is 0.737. The Labute approximate surface area is 474 Å². The molecule has 3 N–H and O–H groups in total. The van der Waals surface area contributed by atoms with Crippen LogP contribution in [0, 0.1) is 35.5 Å². The van der Waals surface area contributed by atoms with Crippen molar-refractivity contribution in [1.82, 2.24) is 0 Å². The van der Waals surface area contributed by atoms with Crippen molar-refractivity contribution >= 4 is 29.0 Å². The smallest absolute Gasteiger partial charge is 0.340 e. The fraction of sp³-hybridized carbons (Fsp3) is 0.471. The molecule has 11 nitrogen and oxygen atoms in total. The molecular formula is C70H76O11. The van der Waals surface area contributed by atoms with Gasteiger partial charge in [0, 0.05) is 71.7 Å². The van der Waals surface area contributed by atoms with Gasteiger partial charge in [0.25, 0.3) is 0 Å². The summed E-state index contributed by atoms with van der Waals surface area (Å²) >= 11 is 0. The highest BCUT2D eigenvalue weighted by Crippen LogP contribution is 2.63. The number of aliphatic hydroxyl groups is 3. The number of hydrogen-bond donors (Lipinski definition) is 3. The van der Waals surface area contributed by atoms with E-state index in [4.69, 9.17) is 23.4 Å². The molecule has 0 amide bonds. The third-order valence-corrected chi connectivity index (χ3v) is 20.9. The molecule has 3 saturated carbocycles. The maximum Gasteiger partial charge on any atom is 0.340 e. The van der Waals surface area contributed by atoms with Crippen LogP contribution in [0.3, 0.4) is 0 Å². The van der Waals surface area contributed by atoms with E-state index in [2.05, 4.69) is 109 Å². The topological polar surface area (TPSA) is 162 Å². The summed E-state index contributed by atoms with van der Waals surface area (Å²) < 4.78 is 33.9. The van der Waals surface area contributed by atoms with E-state index in [1.807, 2.05) is 6.07 Å². The van der Waals surface area contributed by atoms with Crippen LogP contribution in [-0.2, 0) is 42.2 Å². The fourth-order valence-corrected chi connectivity index (χ4v) is 17.1. The number of allylic oxidation sites excluding steroid dienone is 4. The summed E-state index contributed by atoms with van der Waals surface area (Å²) in [5.74, 6) is -1.25. The monoisotopic (exact) mass is 1090 g/mol. The molecule has 0 radical (unpaired) electrons. The van der Waals surface area contributed by atoms with Crippen LogP contribution in [0.2, 0.25) is 0 Å². The minimum atomic E-state index is -1.32. The molecule has 0 unspecified atom stereocenters. The van der Waals surface area contributed by atoms with E-state index in [1.165, 1.54) is 42.2 Å². The van der Waals surface area contributed by atoms with Gasteiger partial charge in [0.15, 0.2) is 17.8 Å². The van der Waals surface area contributed by atoms with Crippen molar-refractivity contribution in [2.75, 3.05) is 26.9 Å². The highest BCUT2D eigenvalue weighted by Gasteiger charge is 2.68. The highest BCUT2D eigenvalue weighted by atomic mass is 16.6. The van der Waals surface area contributed by atoms with Crippen molar-refractivity contribution in [2.24, 2.45) is 35.5 Å². The van der Waals surface area contributed by atoms with E-state index in [1.54, 1.807) is 13.0 Å². The van der Waals surface area contributed by atoms with Crippen molar-refractivity contribution in [3.8, 4) is 5.75 Å². The first-order valence-corrected chi connectivity index (χ1v) is 30.1. The Kier molecular flexibility index (Phi) is 14.7. The zero-order chi connectivity index (χ0) is 55.6. The molecule has 5 aromatic rings. The molecule has 6 aliphatic carbocycles. The maximum absolute atomic E-state index is 15.8. The van der Waals surface area contributed by atoms with Crippen molar-refractivity contribution in [1.29, 1.82) is 0 Å². The lowest BCUT2D eigenvalue weighted by atomic mass is 9.50. The molecule has 14 rings (SSSR count). The molecule has 3 fully saturated rings. The van der Waals surface area contributed by atoms with Gasteiger partial charge in [0.1, 0.15) is 11.3 Å². The van der Waals surface area contributed by atoms with Crippen molar-refractivity contribution in [3.63, 3.8) is 0 Å². The summed E-state index contributed by atoms with van der Waals surface area (Å²) in [5, 5.41) is 32.5. The van der Waals surface area contributed by atoms with Gasteiger partial charge in [0.05, 0.1) is 25.4 Å². The normalized spacial score (nSPS) is 32.1. The molecule has 4 bridgehead atoms. The lowest BCUT2D eigenvalue weighted by Gasteiger charge is -2.62. The van der Waals surface area contributed by atoms with Crippen LogP contribution in [0.15, 0.2) is 136 Å². The van der Waals surface area contributed by atoms with Crippen molar-refractivity contribution < 1.29 is 48.3 Å². The molecule has 4 heterocycles. The van der Waals surface area contributed by atoms with Gasteiger partial charge < -0.3 is 38.7 Å². The van der Waals surface area contributed by atoms with Crippen LogP contribution in [0.5, 0.6) is 5.75 Å². The first-order valence-electron chi connectivity index (χ1n) is 30.1. The largest absolute Gasteiger partial charge is 0.482 e. The first kappa shape index (κ1) is 53.9. The van der Waals surface area contributed by atoms with Crippen molar-refractivity contribution in [3.05, 3.63) is 187 Å². The van der Waals surface area contributed by atoms with Gasteiger partial charge in [0.2, 0.25) is 0 Å². The molecule has 3 aliphatic heterocycles. The van der Waals surface area contributed by atoms with Gasteiger partial charge in [-0.2, -0.15) is 0 Å². The molecule has 422 valence electrons. The predicted octanol–water partition coefficient (Wildman–Crippen LogP) is 12.3. The Balaban J connectivity index is 0.959. The van der Waals surface area contributed by atoms with Gasteiger partial charge >= 0.3 is 17.6 Å². The summed E-state index contributed by atoms with van der Waals surface area (Å²) in [7, 11) is 1.52. The van der Waals surface area contributed by atoms with Crippen LogP contribution < -0.4 is 10.4 Å². The van der Waals surface area contributed by atoms with Gasteiger partial charge in [-0.25, -0.2) is 9.59 Å². The minimum absolute atomic E-state index is 0.00216. The second kappa shape index (κ2) is 22.1. The molecule has 13 atom stereocenters. The SMILES string of the molecule is COC[C@@H](CCO)c1c(CO)c2ccc3c(c2oc1=O)[C@H]1OC(=O)C[C@H]2C[C@@H](c4cccc([C@]56CCCC[C@@H]5C=Cc5ccccc56)c4)C=C[C@H]2c2ccc(cc2)CC/C(=C(\C)CO)C(=O)O[C@@H]1[C@@]1(O3)[C@@H]2[C@H]3CCC[C@@H]2C=C[C@@H]1CC3. The quantitative estimate of drug-likeness (QED) is 0.0557. The Bertz CT molecular complexity index is 3410. The standard InChI is InChI=1S/C70H76O11/c1-41(38-72)54-28-18-42-16-19-43(20-17-42)55-29-24-48(47-12-8-14-53(36-47)69-33-6-5-13-51(69)25-21-44-9-3-4-15-58(44)69)35-50(55)37-60(74)78-65-62-59(31-30-56-57(39-73)61(68(76)79-64(56)62)49(32-34-71)40-77-2)81-70(66(65)80-67(54)75)52-26-22-45-10-7-11-46(23-27-52)63(45)70/h3-4,8-9,12,14-17,19-22,24-26,29-31,36,45-46,48-52,55,63,65-66,71-73H,5-7,10-11,13,18,23,27-28,32-35,37-40H2,1-2H3/b54-41-/t45-,46+,48+,49-,50-,51-,52-,55+,63+,65-,66+,69+,70+/m1/s1. The molecule has 4 aromatic carbocycles. The third kappa shape index (κ3) is 9.11. The number of esters is 2. The minimum Gasteiger partial charge on any atom is -0.482 e. The predicted molar refractivity (Wildman–Crippen MR) is 310 cm³/mol. The number of hydrogen-bond acceptors (Lipinski definition) is 11. The molecular weight excluding hydrogens is 1020 g/mol. The van der Waals surface area contributed by atoms with E-state index in [9.17, 15) is 20.1 Å². The third-order valence-electron chi connectivity index (χ3n) is 20.9. The average Bonchev–Trinajstić information content (AvgIpc) is 3.64. The molecule has 11 heteroatoms. The second-order valence-corrected chi connectivity index (χ2v) is 24.9. The van der Waals surface area contributed by atoms with Gasteiger partial charge in [-0.05, 0) is 151 Å². The van der Waals surface area contributed by atoms with Crippen molar-refractivity contribution in [2.45, 2.75) is 144 Å². The van der Waals surface area contributed by atoms with Crippen LogP contribution >= 0.6 is 0 Å². The number of aryl methyl sites for hydroxylation is 1. The zero-order valence-electron chi connectivity index (χ0n) is 46.7. The Hall–Kier alpha value is -6.37. The average molecular weight is 1090 g/mol. The number of aliphatic hydroxyl groups excluding tert-OH is 3. The van der Waals surface area contributed by atoms with Gasteiger partial charge in [-0.3, -0.25) is 4.79 Å². The second-order valence-electron chi connectivity index (χ2n) is 24.9. The Morgan fingerprint density at radius 1 is 0.790 bits per heavy atom. The number of carbonyl (C=O) groups is 2. The summed E-state index contributed by atoms with van der Waals surface area (Å²) in [4.78, 5) is 45.9. The van der Waals surface area contributed by atoms with Gasteiger partial charge in [-0.15, -0.1) is 0 Å². The van der Waals surface area contributed by atoms with Crippen LogP contribution in [0.1, 0.15) is 164 Å². The number of carbonyl (C=O) groups excluding carboxylic acids is 2. The maximum atomic E-state index is 15.8. The van der Waals surface area contributed by atoms with E-state index in [0.717, 1.165) is 56.1 Å². The summed E-state index contributed by atoms with van der Waals surface area (Å²) in [6.07, 6.45) is 22.4. The van der Waals surface area contributed by atoms with Crippen LogP contribution in [0.25, 0.3) is 17.0 Å². The zero-order valence-corrected chi connectivity index (χ0v) is 46.7. The Morgan fingerprint density at radius 2 is 1.65 bits per heavy atom. The van der Waals surface area contributed by atoms with E-state index >= 15 is 9.59 Å². The number of ether oxygens (including phenoxy) is 4. The molecule has 1 spiro atoms. The van der Waals surface area contributed by atoms with Crippen LogP contribution in [-0.4, -0.2) is 65.9 Å². The summed E-state index contributed by atoms with van der Waals surface area (Å²) in [5.41, 5.74) is 6.99. The number of methoxy groups -OCH3 is 1. The number of fused-ring (bicyclic) bond motifs is 14. The first-order chi connectivity index (χ1) is 39.6. The van der Waals surface area contributed by atoms with Crippen LogP contribution in [0.4, 0.5) is 0 Å². The van der Waals surface area contributed by atoms with Gasteiger partial charge in [-0.1, -0.05) is 129 Å². The molecule has 1 aromatic heterocycles. The Morgan fingerprint density at radius 3 is 2.48 bits per heavy atom. The lowest BCUT2D eigenvalue weighted by Crippen LogP contribution is -2.69. The van der Waals surface area contributed by atoms with E-state index in [0.29, 0.717) is 46.6 Å². The van der Waals surface area contributed by atoms with E-state index < -0.39 is 47.9 Å². The van der Waals surface area contributed by atoms with E-state index in [-0.39, 0.29) is 103 Å². The molecule has 81 heavy (non-hydrogen) atoms. The molecule has 9 aliphatic rings. The highest BCUT2D eigenvalue weighted by molar-refractivity contribution is 5.90. The number of benzene rings is 4. The molecule has 0 saturated heterocycles. The lowest BCUT2D eigenvalue weighted by molar-refractivity contribution is -0.234. The fourth-order valence-electron chi connectivity index (χ4n) is 17.1. The number of rotatable bonds is 9. The summed E-state index contributed by atoms with van der Waals surface area (Å²) in [6, 6.07) is 30.3.